The van der Waals surface area contributed by atoms with Crippen molar-refractivity contribution in [3.63, 3.8) is 0 Å². The first-order chi connectivity index (χ1) is 23.3. The van der Waals surface area contributed by atoms with Crippen LogP contribution in [0.15, 0.2) is 120 Å². The highest BCUT2D eigenvalue weighted by molar-refractivity contribution is 5.96. The van der Waals surface area contributed by atoms with Crippen LogP contribution in [0.25, 0.3) is 0 Å². The van der Waals surface area contributed by atoms with Crippen molar-refractivity contribution < 1.29 is 19.1 Å². The molecule has 0 aliphatic carbocycles. The van der Waals surface area contributed by atoms with E-state index in [-0.39, 0.29) is 36.8 Å². The molecule has 2 heterocycles. The smallest absolute Gasteiger partial charge is 0.336 e. The molecule has 4 aromatic carbocycles. The fourth-order valence-corrected chi connectivity index (χ4v) is 6.95. The monoisotopic (exact) mass is 641 g/mol. The van der Waals surface area contributed by atoms with Gasteiger partial charge in [-0.05, 0) is 55.2 Å². The van der Waals surface area contributed by atoms with E-state index in [0.29, 0.717) is 36.5 Å². The third-order valence-electron chi connectivity index (χ3n) is 9.54. The zero-order chi connectivity index (χ0) is 33.6. The maximum Gasteiger partial charge on any atom is 0.336 e. The van der Waals surface area contributed by atoms with Crippen LogP contribution >= 0.6 is 0 Å². The summed E-state index contributed by atoms with van der Waals surface area (Å²) in [6.45, 7) is 9.01. The van der Waals surface area contributed by atoms with Crippen LogP contribution < -0.4 is 0 Å². The van der Waals surface area contributed by atoms with Crippen molar-refractivity contribution in [2.45, 2.75) is 45.7 Å². The van der Waals surface area contributed by atoms with Crippen molar-refractivity contribution in [2.75, 3.05) is 32.8 Å². The van der Waals surface area contributed by atoms with Gasteiger partial charge in [-0.2, -0.15) is 0 Å². The summed E-state index contributed by atoms with van der Waals surface area (Å²) in [5, 5.41) is 0. The van der Waals surface area contributed by atoms with Gasteiger partial charge in [-0.1, -0.05) is 103 Å². The highest BCUT2D eigenvalue weighted by Gasteiger charge is 2.37. The lowest BCUT2D eigenvalue weighted by molar-refractivity contribution is -0.140. The summed E-state index contributed by atoms with van der Waals surface area (Å²) in [6, 6.07) is 36.7. The molecule has 0 aromatic heterocycles. The number of aryl methyl sites for hydroxylation is 1. The van der Waals surface area contributed by atoms with Gasteiger partial charge in [0.2, 0.25) is 5.91 Å². The van der Waals surface area contributed by atoms with Crippen LogP contribution in [-0.2, 0) is 20.9 Å². The van der Waals surface area contributed by atoms with Gasteiger partial charge in [-0.3, -0.25) is 14.5 Å². The van der Waals surface area contributed by atoms with E-state index in [4.69, 9.17) is 4.74 Å². The van der Waals surface area contributed by atoms with Gasteiger partial charge in [0.15, 0.2) is 0 Å². The first-order valence-corrected chi connectivity index (χ1v) is 16.8. The van der Waals surface area contributed by atoms with E-state index in [0.717, 1.165) is 29.8 Å². The quantitative estimate of drug-likeness (QED) is 0.186. The number of allylic oxidation sites excluding steroid dienone is 1. The molecular weight excluding hydrogens is 598 g/mol. The van der Waals surface area contributed by atoms with Gasteiger partial charge in [0.05, 0.1) is 24.8 Å². The van der Waals surface area contributed by atoms with E-state index >= 15 is 0 Å². The lowest BCUT2D eigenvalue weighted by Crippen LogP contribution is -2.49. The molecule has 7 nitrogen and oxygen atoms in total. The number of esters is 1. The van der Waals surface area contributed by atoms with Gasteiger partial charge in [-0.15, -0.1) is 0 Å². The number of piperazine rings is 1. The summed E-state index contributed by atoms with van der Waals surface area (Å²) in [7, 11) is 0. The zero-order valence-electron chi connectivity index (χ0n) is 28.0. The molecule has 1 atom stereocenters. The minimum atomic E-state index is -0.391. The van der Waals surface area contributed by atoms with Gasteiger partial charge in [0.25, 0.3) is 5.91 Å². The molecule has 2 aliphatic rings. The highest BCUT2D eigenvalue weighted by Crippen LogP contribution is 2.38. The molecular formula is C41H43N3O4. The maximum atomic E-state index is 13.6. The molecule has 1 saturated heterocycles. The Morgan fingerprint density at radius 2 is 1.35 bits per heavy atom. The zero-order valence-corrected chi connectivity index (χ0v) is 28.0. The molecule has 0 spiro atoms. The second-order valence-corrected chi connectivity index (χ2v) is 12.6. The number of carbonyl (C=O) groups is 3. The Balaban J connectivity index is 1.14. The number of ether oxygens (including phenoxy) is 1. The second kappa shape index (κ2) is 14.8. The molecule has 1 fully saturated rings. The van der Waals surface area contributed by atoms with E-state index in [1.807, 2.05) is 79.4 Å². The summed E-state index contributed by atoms with van der Waals surface area (Å²) < 4.78 is 5.45. The number of hydrogen-bond donors (Lipinski definition) is 0. The molecule has 0 saturated carbocycles. The van der Waals surface area contributed by atoms with Gasteiger partial charge < -0.3 is 14.5 Å². The Hall–Kier alpha value is -5.01. The van der Waals surface area contributed by atoms with E-state index in [9.17, 15) is 14.4 Å². The number of hydrogen-bond acceptors (Lipinski definition) is 5. The van der Waals surface area contributed by atoms with Gasteiger partial charge in [0, 0.05) is 49.8 Å². The molecule has 0 radical (unpaired) electrons. The van der Waals surface area contributed by atoms with Crippen molar-refractivity contribution in [3.05, 3.63) is 154 Å². The highest BCUT2D eigenvalue weighted by atomic mass is 16.5. The maximum absolute atomic E-state index is 13.6. The molecule has 4 aromatic rings. The Morgan fingerprint density at radius 3 is 1.92 bits per heavy atom. The minimum absolute atomic E-state index is 0.00725. The fraction of sp³-hybridized carbons (Fsp3) is 0.293. The standard InChI is InChI=1S/C41H43N3O4/c1-4-48-41(47)38-30(3)44(37(45)27-36(38)32-19-15-29(2)16-20-32)28-31-17-21-35(22-18-31)40(46)43-25-23-42(24-26-43)39(33-11-7-5-8-12-33)34-13-9-6-10-14-34/h5-22,36,39H,4,23-28H2,1-3H3. The SMILES string of the molecule is CCOC(=O)C1=C(C)N(Cc2ccc(C(=O)N3CCN(C(c4ccccc4)c4ccccc4)CC3)cc2)C(=O)CC1c1ccc(C)cc1. The second-order valence-electron chi connectivity index (χ2n) is 12.6. The first kappa shape index (κ1) is 32.9. The Morgan fingerprint density at radius 1 is 0.771 bits per heavy atom. The minimum Gasteiger partial charge on any atom is -0.463 e. The predicted octanol–water partition coefficient (Wildman–Crippen LogP) is 6.90. The third kappa shape index (κ3) is 7.11. The summed E-state index contributed by atoms with van der Waals surface area (Å²) in [6.07, 6.45) is 0.187. The molecule has 0 bridgehead atoms. The average Bonchev–Trinajstić information content (AvgIpc) is 3.11. The number of rotatable bonds is 9. The van der Waals surface area contributed by atoms with Gasteiger partial charge in [-0.25, -0.2) is 4.79 Å². The fourth-order valence-electron chi connectivity index (χ4n) is 6.95. The molecule has 48 heavy (non-hydrogen) atoms. The van der Waals surface area contributed by atoms with Gasteiger partial charge in [0.1, 0.15) is 0 Å². The molecule has 246 valence electrons. The Kier molecular flexibility index (Phi) is 10.2. The number of amides is 2. The summed E-state index contributed by atoms with van der Waals surface area (Å²) in [4.78, 5) is 46.3. The summed E-state index contributed by atoms with van der Waals surface area (Å²) in [5.74, 6) is -0.788. The largest absolute Gasteiger partial charge is 0.463 e. The summed E-state index contributed by atoms with van der Waals surface area (Å²) in [5.41, 5.74) is 7.17. The van der Waals surface area contributed by atoms with Crippen LogP contribution in [0.2, 0.25) is 0 Å². The van der Waals surface area contributed by atoms with Crippen molar-refractivity contribution in [1.29, 1.82) is 0 Å². The van der Waals surface area contributed by atoms with Crippen LogP contribution in [0.4, 0.5) is 0 Å². The Labute approximate surface area is 283 Å². The van der Waals surface area contributed by atoms with Crippen molar-refractivity contribution in [2.24, 2.45) is 0 Å². The lowest BCUT2D eigenvalue weighted by atomic mass is 9.83. The molecule has 0 N–H and O–H groups in total. The van der Waals surface area contributed by atoms with E-state index in [1.54, 1.807) is 11.8 Å². The molecule has 1 unspecified atom stereocenters. The van der Waals surface area contributed by atoms with Gasteiger partial charge >= 0.3 is 5.97 Å². The van der Waals surface area contributed by atoms with Crippen molar-refractivity contribution in [3.8, 4) is 0 Å². The number of carbonyl (C=O) groups excluding carboxylic acids is 3. The number of nitrogens with zero attached hydrogens (tertiary/aromatic N) is 3. The van der Waals surface area contributed by atoms with E-state index in [2.05, 4.69) is 53.4 Å². The van der Waals surface area contributed by atoms with E-state index in [1.165, 1.54) is 11.1 Å². The van der Waals surface area contributed by atoms with Crippen LogP contribution in [-0.4, -0.2) is 65.3 Å². The average molecular weight is 642 g/mol. The number of benzene rings is 4. The molecule has 2 aliphatic heterocycles. The molecule has 2 amide bonds. The van der Waals surface area contributed by atoms with Crippen molar-refractivity contribution >= 4 is 17.8 Å². The van der Waals surface area contributed by atoms with Crippen LogP contribution in [0.5, 0.6) is 0 Å². The molecule has 6 rings (SSSR count). The topological polar surface area (TPSA) is 70.2 Å². The van der Waals surface area contributed by atoms with Crippen LogP contribution in [0.1, 0.15) is 70.4 Å². The Bertz CT molecular complexity index is 1720. The third-order valence-corrected chi connectivity index (χ3v) is 9.54. The normalized spacial score (nSPS) is 17.2. The van der Waals surface area contributed by atoms with Crippen LogP contribution in [0.3, 0.4) is 0 Å². The van der Waals surface area contributed by atoms with Crippen molar-refractivity contribution in [1.82, 2.24) is 14.7 Å². The first-order valence-electron chi connectivity index (χ1n) is 16.8. The molecule has 7 heteroatoms. The predicted molar refractivity (Wildman–Crippen MR) is 187 cm³/mol. The lowest BCUT2D eigenvalue weighted by Gasteiger charge is -2.39. The van der Waals surface area contributed by atoms with Crippen LogP contribution in [0, 0.1) is 6.92 Å². The van der Waals surface area contributed by atoms with E-state index < -0.39 is 5.97 Å². The summed E-state index contributed by atoms with van der Waals surface area (Å²) >= 11 is 0.